The maximum absolute atomic E-state index is 11.4. The molecule has 1 aliphatic heterocycles. The molecule has 0 bridgehead atoms. The lowest BCUT2D eigenvalue weighted by atomic mass is 10.1. The summed E-state index contributed by atoms with van der Waals surface area (Å²) in [6.45, 7) is 7.25. The first-order chi connectivity index (χ1) is 14.5. The Bertz CT molecular complexity index is 534. The summed E-state index contributed by atoms with van der Waals surface area (Å²) in [4.78, 5) is 17.0. The number of carbonyl (C=O) groups is 1. The Morgan fingerprint density at radius 2 is 1.77 bits per heavy atom. The van der Waals surface area contributed by atoms with Crippen LogP contribution in [0, 0.1) is 0 Å². The minimum absolute atomic E-state index is 0.0394. The fourth-order valence-corrected chi connectivity index (χ4v) is 3.67. The minimum atomic E-state index is -0.880. The van der Waals surface area contributed by atoms with E-state index in [2.05, 4.69) is 11.5 Å². The van der Waals surface area contributed by atoms with Crippen LogP contribution >= 0.6 is 0 Å². The molecule has 0 amide bonds. The fourth-order valence-electron chi connectivity index (χ4n) is 3.67. The average molecular weight is 428 g/mol. The van der Waals surface area contributed by atoms with Gasteiger partial charge in [-0.2, -0.15) is 4.84 Å². The molecule has 7 nitrogen and oxygen atoms in total. The normalized spacial score (nSPS) is 16.5. The summed E-state index contributed by atoms with van der Waals surface area (Å²) in [5.74, 6) is 0.536. The van der Waals surface area contributed by atoms with Gasteiger partial charge in [-0.3, -0.25) is 4.58 Å². The number of β-amino-alcohol motifs (C(OH)–C–C–N with tert-alkyl or cyclic N) is 1. The molecule has 7 heteroatoms. The molecule has 0 saturated carbocycles. The van der Waals surface area contributed by atoms with Gasteiger partial charge in [0, 0.05) is 6.08 Å². The smallest absolute Gasteiger partial charge is 0.330 e. The molecule has 30 heavy (non-hydrogen) atoms. The van der Waals surface area contributed by atoms with Gasteiger partial charge in [0.05, 0.1) is 6.42 Å². The summed E-state index contributed by atoms with van der Waals surface area (Å²) in [5, 5.41) is 21.6. The van der Waals surface area contributed by atoms with Crippen molar-refractivity contribution in [2.24, 2.45) is 0 Å². The molecule has 0 saturated heterocycles. The number of hydrogen-bond donors (Lipinski definition) is 2. The summed E-state index contributed by atoms with van der Waals surface area (Å²) in [5.41, 5.74) is 0. The van der Waals surface area contributed by atoms with E-state index in [1.165, 1.54) is 51.0 Å². The van der Waals surface area contributed by atoms with E-state index in [9.17, 15) is 15.0 Å². The van der Waals surface area contributed by atoms with E-state index in [4.69, 9.17) is 9.57 Å². The number of allylic oxidation sites excluding steroid dienone is 1. The molecule has 2 unspecified atom stereocenters. The third-order valence-corrected chi connectivity index (χ3v) is 5.16. The van der Waals surface area contributed by atoms with Crippen molar-refractivity contribution in [1.29, 1.82) is 0 Å². The molecule has 0 aromatic heterocycles. The number of nitrogens with zero attached hydrogens (tertiary/aromatic N) is 2. The second-order valence-electron chi connectivity index (χ2n) is 8.03. The van der Waals surface area contributed by atoms with Gasteiger partial charge in [-0.25, -0.2) is 4.79 Å². The average Bonchev–Trinajstić information content (AvgIpc) is 3.06. The zero-order valence-electron chi connectivity index (χ0n) is 19.2. The van der Waals surface area contributed by atoms with Gasteiger partial charge in [-0.15, -0.1) is 5.06 Å². The van der Waals surface area contributed by atoms with E-state index < -0.39 is 18.4 Å². The Balaban J connectivity index is 2.46. The predicted molar refractivity (Wildman–Crippen MR) is 118 cm³/mol. The zero-order chi connectivity index (χ0) is 22.2. The van der Waals surface area contributed by atoms with Crippen molar-refractivity contribution >= 4 is 11.8 Å². The number of unbranched alkanes of at least 4 members (excludes halogenated alkanes) is 8. The van der Waals surface area contributed by atoms with Crippen LogP contribution in [-0.2, 0) is 14.4 Å². The predicted octanol–water partition coefficient (Wildman–Crippen LogP) is 3.38. The second-order valence-corrected chi connectivity index (χ2v) is 8.03. The Morgan fingerprint density at radius 3 is 2.37 bits per heavy atom. The molecular weight excluding hydrogens is 384 g/mol. The fraction of sp³-hybridized carbons (Fsp3) is 0.826. The molecule has 0 radical (unpaired) electrons. The first-order valence-electron chi connectivity index (χ1n) is 11.7. The van der Waals surface area contributed by atoms with Gasteiger partial charge >= 0.3 is 5.97 Å². The number of esters is 1. The maximum Gasteiger partial charge on any atom is 0.330 e. The lowest BCUT2D eigenvalue weighted by Crippen LogP contribution is -2.35. The maximum atomic E-state index is 11.4. The van der Waals surface area contributed by atoms with Crippen LogP contribution in [0.4, 0.5) is 0 Å². The highest BCUT2D eigenvalue weighted by atomic mass is 16.8. The number of carbonyl (C=O) groups excluding carboxylic acids is 1. The van der Waals surface area contributed by atoms with E-state index in [1.807, 2.05) is 0 Å². The van der Waals surface area contributed by atoms with Crippen LogP contribution in [0.5, 0.6) is 0 Å². The number of hydrogen-bond acceptors (Lipinski definition) is 6. The van der Waals surface area contributed by atoms with E-state index in [0.29, 0.717) is 19.6 Å². The molecule has 0 aromatic carbocycles. The number of aliphatic hydroxyl groups is 2. The monoisotopic (exact) mass is 427 g/mol. The van der Waals surface area contributed by atoms with Crippen molar-refractivity contribution in [3.05, 3.63) is 12.2 Å². The number of amidine groups is 1. The van der Waals surface area contributed by atoms with Crippen molar-refractivity contribution in [3.8, 4) is 0 Å². The Labute approximate surface area is 182 Å². The lowest BCUT2D eigenvalue weighted by Gasteiger charge is -2.15. The van der Waals surface area contributed by atoms with Gasteiger partial charge in [-0.05, 0) is 20.3 Å². The summed E-state index contributed by atoms with van der Waals surface area (Å²) >= 11 is 0. The number of aliphatic hydroxyl groups excluding tert-OH is 2. The van der Waals surface area contributed by atoms with Crippen molar-refractivity contribution in [2.45, 2.75) is 97.4 Å². The molecule has 1 aliphatic rings. The number of hydroxylamine groups is 2. The van der Waals surface area contributed by atoms with Crippen LogP contribution in [0.1, 0.15) is 85.0 Å². The summed E-state index contributed by atoms with van der Waals surface area (Å²) in [7, 11) is 0. The molecule has 174 valence electrons. The molecule has 0 fully saturated rings. The topological polar surface area (TPSA) is 82.2 Å². The highest BCUT2D eigenvalue weighted by Crippen LogP contribution is 2.15. The molecule has 0 aliphatic carbocycles. The second kappa shape index (κ2) is 16.3. The van der Waals surface area contributed by atoms with Crippen LogP contribution in [0.2, 0.25) is 0 Å². The van der Waals surface area contributed by atoms with Crippen molar-refractivity contribution in [3.63, 3.8) is 0 Å². The van der Waals surface area contributed by atoms with Crippen LogP contribution < -0.4 is 0 Å². The van der Waals surface area contributed by atoms with Crippen molar-refractivity contribution in [2.75, 3.05) is 26.2 Å². The zero-order valence-corrected chi connectivity index (χ0v) is 19.2. The Morgan fingerprint density at radius 1 is 1.13 bits per heavy atom. The third-order valence-electron chi connectivity index (χ3n) is 5.16. The minimum Gasteiger partial charge on any atom is -0.460 e. The molecule has 0 spiro atoms. The van der Waals surface area contributed by atoms with Gasteiger partial charge in [0.2, 0.25) is 0 Å². The number of ether oxygens (including phenoxy) is 1. The van der Waals surface area contributed by atoms with Crippen LogP contribution in [0.3, 0.4) is 0 Å². The van der Waals surface area contributed by atoms with Crippen LogP contribution in [0.15, 0.2) is 12.2 Å². The molecular formula is C23H43N2O5+. The highest BCUT2D eigenvalue weighted by Gasteiger charge is 2.33. The van der Waals surface area contributed by atoms with Crippen LogP contribution in [0.25, 0.3) is 0 Å². The summed E-state index contributed by atoms with van der Waals surface area (Å²) in [6.07, 6.45) is 13.5. The van der Waals surface area contributed by atoms with Gasteiger partial charge in [0.15, 0.2) is 12.8 Å². The van der Waals surface area contributed by atoms with E-state index in [1.54, 1.807) is 25.0 Å². The van der Waals surface area contributed by atoms with E-state index in [0.717, 1.165) is 25.1 Å². The molecule has 1 heterocycles. The summed E-state index contributed by atoms with van der Waals surface area (Å²) in [6, 6.07) is 0. The van der Waals surface area contributed by atoms with Gasteiger partial charge in [0.1, 0.15) is 25.8 Å². The molecule has 0 aromatic rings. The lowest BCUT2D eigenvalue weighted by molar-refractivity contribution is -0.529. The Kier molecular flexibility index (Phi) is 14.4. The Hall–Kier alpha value is -1.44. The van der Waals surface area contributed by atoms with Crippen LogP contribution in [-0.4, -0.2) is 70.3 Å². The standard InChI is InChI=1S/C23H43N2O5/c1-4-6-7-8-9-10-11-12-13-15-22-24(16-17-25(22)30-20(3)26)18-21(27)19-29-23(28)14-5-2/h5,14,20-21,26-27H,4,6-13,15-19H2,1-3H3/q+1. The summed E-state index contributed by atoms with van der Waals surface area (Å²) < 4.78 is 7.12. The van der Waals surface area contributed by atoms with Crippen molar-refractivity contribution < 1.29 is 29.2 Å². The largest absolute Gasteiger partial charge is 0.460 e. The van der Waals surface area contributed by atoms with Gasteiger partial charge in [-0.1, -0.05) is 64.4 Å². The quantitative estimate of drug-likeness (QED) is 0.122. The van der Waals surface area contributed by atoms with Crippen molar-refractivity contribution in [1.82, 2.24) is 5.06 Å². The first-order valence-corrected chi connectivity index (χ1v) is 11.7. The van der Waals surface area contributed by atoms with E-state index >= 15 is 0 Å². The molecule has 2 N–H and O–H groups in total. The van der Waals surface area contributed by atoms with Gasteiger partial charge in [0.25, 0.3) is 5.84 Å². The van der Waals surface area contributed by atoms with E-state index in [-0.39, 0.29) is 6.61 Å². The highest BCUT2D eigenvalue weighted by molar-refractivity contribution is 5.81. The first kappa shape index (κ1) is 26.6. The molecule has 1 rings (SSSR count). The van der Waals surface area contributed by atoms with Gasteiger partial charge < -0.3 is 14.9 Å². The third kappa shape index (κ3) is 11.7. The number of rotatable bonds is 17. The SMILES string of the molecule is CC=CC(=O)OCC(O)C[N+]1=C(CCCCCCCCCCC)N(OC(C)O)CC1. The molecule has 2 atom stereocenters.